The van der Waals surface area contributed by atoms with E-state index in [1.165, 1.54) is 70.6 Å². The summed E-state index contributed by atoms with van der Waals surface area (Å²) in [5.74, 6) is 6.49. The van der Waals surface area contributed by atoms with Gasteiger partial charge in [-0.3, -0.25) is 0 Å². The predicted molar refractivity (Wildman–Crippen MR) is 133 cm³/mol. The monoisotopic (exact) mass is 428 g/mol. The van der Waals surface area contributed by atoms with E-state index in [-0.39, 0.29) is 0 Å². The molecule has 9 unspecified atom stereocenters. The lowest BCUT2D eigenvalue weighted by Gasteiger charge is -2.58. The maximum atomic E-state index is 5.77. The molecule has 0 N–H and O–H groups in total. The van der Waals surface area contributed by atoms with Crippen molar-refractivity contribution in [3.05, 3.63) is 11.6 Å². The van der Waals surface area contributed by atoms with Crippen LogP contribution >= 0.6 is 0 Å². The smallest absolute Gasteiger partial charge is 0.0608 e. The largest absolute Gasteiger partial charge is 0.381 e. The molecule has 4 aliphatic carbocycles. The van der Waals surface area contributed by atoms with E-state index in [9.17, 15) is 0 Å². The van der Waals surface area contributed by atoms with Crippen LogP contribution in [0.1, 0.15) is 112 Å². The van der Waals surface area contributed by atoms with E-state index < -0.39 is 0 Å². The standard InChI is InChI=1S/C30H52O/c1-8-22(17-20(2)3)18-21(4)26-11-12-27-25-10-9-23-19-24(31-7)13-15-29(23,5)28(25)14-16-30(26,27)6/h9,20-22,24-28H,8,10-19H2,1-7H3. The molecule has 0 saturated heterocycles. The lowest BCUT2D eigenvalue weighted by atomic mass is 9.47. The quantitative estimate of drug-likeness (QED) is 0.368. The van der Waals surface area contributed by atoms with E-state index in [0.717, 1.165) is 41.4 Å². The molecule has 9 atom stereocenters. The molecule has 4 rings (SSSR count). The molecule has 3 saturated carbocycles. The number of methoxy groups -OCH3 is 1. The highest BCUT2D eigenvalue weighted by Gasteiger charge is 2.59. The molecule has 0 heterocycles. The molecule has 31 heavy (non-hydrogen) atoms. The van der Waals surface area contributed by atoms with Crippen LogP contribution < -0.4 is 0 Å². The number of hydrogen-bond donors (Lipinski definition) is 0. The summed E-state index contributed by atoms with van der Waals surface area (Å²) in [5.41, 5.74) is 2.83. The summed E-state index contributed by atoms with van der Waals surface area (Å²) in [4.78, 5) is 0. The van der Waals surface area contributed by atoms with Gasteiger partial charge in [0.05, 0.1) is 6.10 Å². The molecular weight excluding hydrogens is 376 g/mol. The van der Waals surface area contributed by atoms with Crippen LogP contribution in [-0.2, 0) is 4.74 Å². The molecule has 0 aromatic heterocycles. The van der Waals surface area contributed by atoms with Gasteiger partial charge < -0.3 is 4.74 Å². The van der Waals surface area contributed by atoms with Crippen molar-refractivity contribution >= 4 is 0 Å². The molecule has 178 valence electrons. The third-order valence-electron chi connectivity index (χ3n) is 11.2. The lowest BCUT2D eigenvalue weighted by Crippen LogP contribution is -2.51. The SMILES string of the molecule is CCC(CC(C)C)CC(C)C1CCC2C3CC=C4CC(OC)CCC4(C)C3CCC12C. The molecule has 3 fully saturated rings. The zero-order valence-electron chi connectivity index (χ0n) is 21.9. The van der Waals surface area contributed by atoms with Crippen molar-refractivity contribution in [2.24, 2.45) is 52.3 Å². The fourth-order valence-corrected chi connectivity index (χ4v) is 9.59. The van der Waals surface area contributed by atoms with Crippen LogP contribution in [0.25, 0.3) is 0 Å². The molecule has 0 bridgehead atoms. The highest BCUT2D eigenvalue weighted by atomic mass is 16.5. The summed E-state index contributed by atoms with van der Waals surface area (Å²) in [6.07, 6.45) is 18.6. The summed E-state index contributed by atoms with van der Waals surface area (Å²) in [6, 6.07) is 0. The first-order chi connectivity index (χ1) is 14.7. The maximum Gasteiger partial charge on any atom is 0.0608 e. The first kappa shape index (κ1) is 23.8. The van der Waals surface area contributed by atoms with E-state index >= 15 is 0 Å². The Morgan fingerprint density at radius 3 is 2.45 bits per heavy atom. The van der Waals surface area contributed by atoms with Gasteiger partial charge in [0.15, 0.2) is 0 Å². The van der Waals surface area contributed by atoms with Crippen molar-refractivity contribution in [2.75, 3.05) is 7.11 Å². The molecule has 1 heteroatoms. The molecular formula is C30H52O. The van der Waals surface area contributed by atoms with Gasteiger partial charge in [0.1, 0.15) is 0 Å². The van der Waals surface area contributed by atoms with Gasteiger partial charge in [-0.25, -0.2) is 0 Å². The maximum absolute atomic E-state index is 5.77. The first-order valence-electron chi connectivity index (χ1n) is 13.9. The third kappa shape index (κ3) is 4.20. The van der Waals surface area contributed by atoms with E-state index in [1.54, 1.807) is 5.57 Å². The van der Waals surface area contributed by atoms with Gasteiger partial charge in [-0.05, 0) is 116 Å². The second-order valence-electron chi connectivity index (χ2n) is 13.2. The molecule has 4 aliphatic rings. The van der Waals surface area contributed by atoms with Crippen LogP contribution in [0, 0.1) is 52.3 Å². The Morgan fingerprint density at radius 2 is 1.77 bits per heavy atom. The summed E-state index contributed by atoms with van der Waals surface area (Å²) in [5, 5.41) is 0. The predicted octanol–water partition coefficient (Wildman–Crippen LogP) is 8.68. The van der Waals surface area contributed by atoms with Crippen LogP contribution in [-0.4, -0.2) is 13.2 Å². The van der Waals surface area contributed by atoms with Crippen molar-refractivity contribution in [2.45, 2.75) is 118 Å². The van der Waals surface area contributed by atoms with E-state index in [4.69, 9.17) is 4.74 Å². The molecule has 0 amide bonds. The second-order valence-corrected chi connectivity index (χ2v) is 13.2. The fraction of sp³-hybridized carbons (Fsp3) is 0.933. The van der Waals surface area contributed by atoms with Crippen molar-refractivity contribution in [3.63, 3.8) is 0 Å². The van der Waals surface area contributed by atoms with Gasteiger partial charge >= 0.3 is 0 Å². The van der Waals surface area contributed by atoms with Crippen LogP contribution in [0.3, 0.4) is 0 Å². The molecule has 0 aromatic rings. The summed E-state index contributed by atoms with van der Waals surface area (Å²) in [6.45, 7) is 15.2. The topological polar surface area (TPSA) is 9.23 Å². The van der Waals surface area contributed by atoms with Gasteiger partial charge in [0.2, 0.25) is 0 Å². The molecule has 0 aromatic carbocycles. The first-order valence-corrected chi connectivity index (χ1v) is 13.9. The summed E-state index contributed by atoms with van der Waals surface area (Å²) in [7, 11) is 1.91. The van der Waals surface area contributed by atoms with E-state index in [1.807, 2.05) is 7.11 Å². The molecule has 0 radical (unpaired) electrons. The number of allylic oxidation sites excluding steroid dienone is 1. The van der Waals surface area contributed by atoms with Gasteiger partial charge in [0, 0.05) is 7.11 Å². The normalized spacial score (nSPS) is 44.3. The van der Waals surface area contributed by atoms with Crippen LogP contribution in [0.5, 0.6) is 0 Å². The minimum atomic E-state index is 0.466. The van der Waals surface area contributed by atoms with Gasteiger partial charge in [0.25, 0.3) is 0 Å². The number of hydrogen-bond acceptors (Lipinski definition) is 1. The average Bonchev–Trinajstić information content (AvgIpc) is 3.09. The van der Waals surface area contributed by atoms with Crippen molar-refractivity contribution in [3.8, 4) is 0 Å². The zero-order valence-corrected chi connectivity index (χ0v) is 21.9. The van der Waals surface area contributed by atoms with E-state index in [2.05, 4.69) is 47.6 Å². The Kier molecular flexibility index (Phi) is 7.04. The number of ether oxygens (including phenoxy) is 1. The Morgan fingerprint density at radius 1 is 1.00 bits per heavy atom. The third-order valence-corrected chi connectivity index (χ3v) is 11.2. The Bertz CT molecular complexity index is 649. The lowest BCUT2D eigenvalue weighted by molar-refractivity contribution is -0.0609. The Balaban J connectivity index is 1.49. The summed E-state index contributed by atoms with van der Waals surface area (Å²) >= 11 is 0. The summed E-state index contributed by atoms with van der Waals surface area (Å²) < 4.78 is 5.77. The van der Waals surface area contributed by atoms with Crippen LogP contribution in [0.2, 0.25) is 0 Å². The Hall–Kier alpha value is -0.300. The minimum Gasteiger partial charge on any atom is -0.381 e. The molecule has 0 aliphatic heterocycles. The van der Waals surface area contributed by atoms with E-state index in [0.29, 0.717) is 16.9 Å². The Labute approximate surface area is 194 Å². The van der Waals surface area contributed by atoms with Crippen LogP contribution in [0.4, 0.5) is 0 Å². The van der Waals surface area contributed by atoms with Crippen LogP contribution in [0.15, 0.2) is 11.6 Å². The average molecular weight is 429 g/mol. The molecule has 1 nitrogen and oxygen atoms in total. The minimum absolute atomic E-state index is 0.466. The molecule has 0 spiro atoms. The number of rotatable bonds is 7. The zero-order chi connectivity index (χ0) is 22.4. The van der Waals surface area contributed by atoms with Crippen molar-refractivity contribution in [1.29, 1.82) is 0 Å². The van der Waals surface area contributed by atoms with Crippen molar-refractivity contribution < 1.29 is 4.74 Å². The van der Waals surface area contributed by atoms with Gasteiger partial charge in [-0.1, -0.05) is 59.6 Å². The van der Waals surface area contributed by atoms with Gasteiger partial charge in [-0.2, -0.15) is 0 Å². The second kappa shape index (κ2) is 9.15. The highest BCUT2D eigenvalue weighted by molar-refractivity contribution is 5.25. The number of fused-ring (bicyclic) bond motifs is 5. The van der Waals surface area contributed by atoms with Crippen molar-refractivity contribution in [1.82, 2.24) is 0 Å². The fourth-order valence-electron chi connectivity index (χ4n) is 9.59. The highest BCUT2D eigenvalue weighted by Crippen LogP contribution is 2.67. The van der Waals surface area contributed by atoms with Gasteiger partial charge in [-0.15, -0.1) is 0 Å².